The summed E-state index contributed by atoms with van der Waals surface area (Å²) in [7, 11) is -13.1. The van der Waals surface area contributed by atoms with Crippen LogP contribution >= 0.6 is 23.6 Å². The number of anilines is 1. The minimum atomic E-state index is -4.46. The SMILES string of the molecule is CC1(C)C(/C=C/C2=C(Cl)C(=C/C=C3/N(CCS(=O)(=O)O)c4ccc5cc(S(=O)(=O)O)ccc5c4C3(C)C)/CCC2)=[N+](CCS(=O)(=O)O)c2ccc3cc(SOOO)ccc3c21. The van der Waals surface area contributed by atoms with Crippen molar-refractivity contribution in [2.75, 3.05) is 29.5 Å². The minimum Gasteiger partial charge on any atom is -0.343 e. The zero-order valence-corrected chi connectivity index (χ0v) is 37.5. The van der Waals surface area contributed by atoms with E-state index < -0.39 is 52.7 Å². The Balaban J connectivity index is 1.28. The zero-order valence-electron chi connectivity index (χ0n) is 33.5. The van der Waals surface area contributed by atoms with Gasteiger partial charge in [0.1, 0.15) is 5.75 Å². The first kappa shape index (κ1) is 45.1. The maximum Gasteiger partial charge on any atom is 0.294 e. The van der Waals surface area contributed by atoms with E-state index in [0.717, 1.165) is 68.6 Å². The fourth-order valence-corrected chi connectivity index (χ4v) is 10.9. The lowest BCUT2D eigenvalue weighted by atomic mass is 9.78. The third kappa shape index (κ3) is 9.12. The van der Waals surface area contributed by atoms with Crippen LogP contribution in [-0.4, -0.2) is 79.1 Å². The van der Waals surface area contributed by atoms with Gasteiger partial charge >= 0.3 is 0 Å². The van der Waals surface area contributed by atoms with Crippen molar-refractivity contribution in [3.8, 4) is 0 Å². The normalized spacial score (nSPS) is 19.3. The molecule has 0 fully saturated rings. The molecule has 7 rings (SSSR count). The fourth-order valence-electron chi connectivity index (χ4n) is 8.87. The van der Waals surface area contributed by atoms with E-state index in [-0.39, 0.29) is 18.0 Å². The highest BCUT2D eigenvalue weighted by atomic mass is 35.5. The number of hydrogen-bond acceptors (Lipinski definition) is 11. The molecule has 0 unspecified atom stereocenters. The van der Waals surface area contributed by atoms with Gasteiger partial charge in [0.2, 0.25) is 5.69 Å². The number of benzene rings is 4. The maximum absolute atomic E-state index is 12.0. The summed E-state index contributed by atoms with van der Waals surface area (Å²) in [4.78, 5) is 2.26. The Bertz CT molecular complexity index is 2990. The van der Waals surface area contributed by atoms with Crippen LogP contribution in [0.4, 0.5) is 11.4 Å². The quantitative estimate of drug-likeness (QED) is 0.0325. The predicted molar refractivity (Wildman–Crippen MR) is 236 cm³/mol. The van der Waals surface area contributed by atoms with Crippen molar-refractivity contribution in [2.45, 2.75) is 67.6 Å². The van der Waals surface area contributed by atoms with Crippen molar-refractivity contribution in [1.29, 1.82) is 0 Å². The summed E-state index contributed by atoms with van der Waals surface area (Å²) >= 11 is 8.02. The molecule has 0 aromatic heterocycles. The summed E-state index contributed by atoms with van der Waals surface area (Å²) in [6, 6.07) is 17.2. The Morgan fingerprint density at radius 2 is 1.48 bits per heavy atom. The molecule has 0 spiro atoms. The second-order valence-electron chi connectivity index (χ2n) is 16.2. The molecule has 0 saturated carbocycles. The minimum absolute atomic E-state index is 0.00912. The van der Waals surface area contributed by atoms with Crippen molar-refractivity contribution in [3.63, 3.8) is 0 Å². The second kappa shape index (κ2) is 16.7. The van der Waals surface area contributed by atoms with E-state index in [9.17, 15) is 38.9 Å². The molecule has 2 aliphatic heterocycles. The molecule has 324 valence electrons. The lowest BCUT2D eigenvalue weighted by Gasteiger charge is -2.27. The summed E-state index contributed by atoms with van der Waals surface area (Å²) in [5.74, 6) is -1.04. The third-order valence-corrected chi connectivity index (χ3v) is 14.9. The summed E-state index contributed by atoms with van der Waals surface area (Å²) < 4.78 is 108. The van der Waals surface area contributed by atoms with Crippen molar-refractivity contribution in [1.82, 2.24) is 0 Å². The third-order valence-electron chi connectivity index (χ3n) is 11.6. The molecular weight excluding hydrogens is 888 g/mol. The molecule has 14 nitrogen and oxygen atoms in total. The van der Waals surface area contributed by atoms with Crippen LogP contribution in [0.5, 0.6) is 0 Å². The highest BCUT2D eigenvalue weighted by Crippen LogP contribution is 2.51. The number of nitrogens with zero attached hydrogens (tertiary/aromatic N) is 2. The number of fused-ring (bicyclic) bond motifs is 6. The van der Waals surface area contributed by atoms with Crippen LogP contribution in [0.2, 0.25) is 0 Å². The molecule has 4 aromatic rings. The van der Waals surface area contributed by atoms with Gasteiger partial charge in [-0.2, -0.15) is 29.8 Å². The maximum atomic E-state index is 12.0. The van der Waals surface area contributed by atoms with E-state index in [1.54, 1.807) is 18.2 Å². The zero-order chi connectivity index (χ0) is 44.3. The number of halogens is 1. The van der Waals surface area contributed by atoms with Gasteiger partial charge in [0, 0.05) is 51.0 Å². The predicted octanol–water partition coefficient (Wildman–Crippen LogP) is 8.66. The molecule has 19 heteroatoms. The van der Waals surface area contributed by atoms with E-state index in [2.05, 4.69) is 9.37 Å². The molecule has 2 heterocycles. The van der Waals surface area contributed by atoms with Gasteiger partial charge < -0.3 is 4.90 Å². The van der Waals surface area contributed by atoms with Crippen LogP contribution in [0, 0.1) is 0 Å². The van der Waals surface area contributed by atoms with Gasteiger partial charge in [-0.25, -0.2) is 5.26 Å². The van der Waals surface area contributed by atoms with Gasteiger partial charge in [-0.3, -0.25) is 13.7 Å². The molecule has 0 amide bonds. The van der Waals surface area contributed by atoms with E-state index in [0.29, 0.717) is 39.2 Å². The smallest absolute Gasteiger partial charge is 0.294 e. The Kier molecular flexibility index (Phi) is 12.3. The summed E-state index contributed by atoms with van der Waals surface area (Å²) in [6.07, 6.45) is 9.77. The average Bonchev–Trinajstić information content (AvgIpc) is 3.54. The molecule has 4 aromatic carbocycles. The Morgan fingerprint density at radius 1 is 0.803 bits per heavy atom. The molecule has 61 heavy (non-hydrogen) atoms. The Hall–Kier alpha value is -3.92. The van der Waals surface area contributed by atoms with Crippen LogP contribution in [0.15, 0.2) is 117 Å². The van der Waals surface area contributed by atoms with Crippen molar-refractivity contribution >= 4 is 92.6 Å². The van der Waals surface area contributed by atoms with Gasteiger partial charge in [-0.05, 0) is 114 Å². The van der Waals surface area contributed by atoms with Crippen LogP contribution in [0.1, 0.15) is 58.1 Å². The summed E-state index contributed by atoms with van der Waals surface area (Å²) in [5, 5.41) is 16.0. The fraction of sp³-hybridized carbons (Fsp3) is 0.310. The summed E-state index contributed by atoms with van der Waals surface area (Å²) in [6.45, 7) is 7.96. The van der Waals surface area contributed by atoms with Gasteiger partial charge in [0.15, 0.2) is 12.3 Å². The van der Waals surface area contributed by atoms with Gasteiger partial charge in [-0.15, -0.1) is 4.33 Å². The molecule has 4 N–H and O–H groups in total. The topological polar surface area (TPSA) is 208 Å². The van der Waals surface area contributed by atoms with E-state index in [1.165, 1.54) is 12.1 Å². The number of hydrogen-bond donors (Lipinski definition) is 4. The molecule has 3 aliphatic rings. The average molecular weight is 933 g/mol. The Morgan fingerprint density at radius 3 is 2.16 bits per heavy atom. The van der Waals surface area contributed by atoms with Crippen LogP contribution in [0.3, 0.4) is 0 Å². The first-order valence-corrected chi connectivity index (χ1v) is 24.9. The first-order chi connectivity index (χ1) is 28.5. The van der Waals surface area contributed by atoms with Crippen LogP contribution < -0.4 is 4.90 Å². The largest absolute Gasteiger partial charge is 0.343 e. The molecule has 0 radical (unpaired) electrons. The van der Waals surface area contributed by atoms with Gasteiger partial charge in [0.25, 0.3) is 30.4 Å². The number of rotatable bonds is 13. The number of allylic oxidation sites excluding steroid dienone is 8. The van der Waals surface area contributed by atoms with Crippen molar-refractivity contribution in [2.24, 2.45) is 0 Å². The van der Waals surface area contributed by atoms with E-state index in [1.807, 2.05) is 91.8 Å². The molecular formula is C42H44ClN2O12S4+. The van der Waals surface area contributed by atoms with Crippen LogP contribution in [0.25, 0.3) is 21.5 Å². The standard InChI is InChI=1S/C42H43ClN2O12S4/c1-41(2)36(44(20-22-59(47,48)49)34-16-8-28-24-30(58-57-56-46)12-14-32(28)38(34)41)18-10-26-6-5-7-27(40(26)43)11-19-37-42(3,4)39-33-15-13-31(61(53,54)55)25-29(33)9-17-35(39)45(37)21-23-60(50,51)52/h8-19,24-25H,5-7,20-23H2,1-4H3,(H3-,46,47,48,49,50,51,52,53,54,55)/p+1. The van der Waals surface area contributed by atoms with Gasteiger partial charge in [0.05, 0.1) is 28.1 Å². The lowest BCUT2D eigenvalue weighted by molar-refractivity contribution is -0.432. The summed E-state index contributed by atoms with van der Waals surface area (Å²) in [5.41, 5.74) is 5.07. The monoisotopic (exact) mass is 931 g/mol. The molecule has 0 saturated heterocycles. The lowest BCUT2D eigenvalue weighted by Crippen LogP contribution is -2.30. The van der Waals surface area contributed by atoms with Gasteiger partial charge in [-0.1, -0.05) is 60.8 Å². The van der Waals surface area contributed by atoms with E-state index in [4.69, 9.17) is 16.9 Å². The first-order valence-electron chi connectivity index (χ1n) is 19.1. The van der Waals surface area contributed by atoms with Crippen molar-refractivity contribution < 1.29 is 58.1 Å². The van der Waals surface area contributed by atoms with E-state index >= 15 is 0 Å². The molecule has 1 aliphatic carbocycles. The highest BCUT2D eigenvalue weighted by molar-refractivity contribution is 7.94. The molecule has 0 bridgehead atoms. The van der Waals surface area contributed by atoms with Crippen LogP contribution in [-0.2, 0) is 50.6 Å². The highest BCUT2D eigenvalue weighted by Gasteiger charge is 2.46. The molecule has 0 atom stereocenters. The van der Waals surface area contributed by atoms with Crippen molar-refractivity contribution in [3.05, 3.63) is 118 Å². The Labute approximate surface area is 363 Å². The second-order valence-corrected chi connectivity index (χ2v) is 21.9.